The van der Waals surface area contributed by atoms with Gasteiger partial charge in [0, 0.05) is 5.57 Å². The van der Waals surface area contributed by atoms with E-state index in [1.54, 1.807) is 0 Å². The van der Waals surface area contributed by atoms with E-state index in [-0.39, 0.29) is 24.4 Å². The minimum atomic E-state index is -0.954. The van der Waals surface area contributed by atoms with Crippen molar-refractivity contribution < 1.29 is 39.9 Å². The van der Waals surface area contributed by atoms with Gasteiger partial charge in [-0.15, -0.1) is 0 Å². The summed E-state index contributed by atoms with van der Waals surface area (Å²) in [6, 6.07) is 0. The van der Waals surface area contributed by atoms with E-state index in [4.69, 9.17) is 30.3 Å². The molecule has 0 aliphatic carbocycles. The van der Waals surface area contributed by atoms with Crippen LogP contribution in [0.3, 0.4) is 0 Å². The van der Waals surface area contributed by atoms with Gasteiger partial charge in [0.05, 0.1) is 31.7 Å². The van der Waals surface area contributed by atoms with Gasteiger partial charge in [-0.25, -0.2) is 9.59 Å². The second-order valence-corrected chi connectivity index (χ2v) is 5.85. The first kappa shape index (κ1) is 29.8. The molecule has 0 radical (unpaired) electrons. The SMILES string of the molecule is C=C(C)C(=O)O.CCCCCCCCOC=C(C)C(=O)O.OCC(O)CO. The molecule has 0 aliphatic heterocycles. The highest BCUT2D eigenvalue weighted by molar-refractivity contribution is 5.85. The summed E-state index contributed by atoms with van der Waals surface area (Å²) in [7, 11) is 0. The molecule has 0 aromatic rings. The molecule has 8 heteroatoms. The monoisotopic (exact) mass is 392 g/mol. The highest BCUT2D eigenvalue weighted by Gasteiger charge is 1.98. The highest BCUT2D eigenvalue weighted by atomic mass is 16.5. The lowest BCUT2D eigenvalue weighted by Crippen LogP contribution is -2.15. The van der Waals surface area contributed by atoms with Gasteiger partial charge in [0.15, 0.2) is 0 Å². The van der Waals surface area contributed by atoms with Crippen LogP contribution in [0, 0.1) is 0 Å². The van der Waals surface area contributed by atoms with E-state index in [0.29, 0.717) is 6.61 Å². The average Bonchev–Trinajstić information content (AvgIpc) is 2.63. The predicted octanol–water partition coefficient (Wildman–Crippen LogP) is 2.33. The van der Waals surface area contributed by atoms with Gasteiger partial charge in [0.2, 0.25) is 0 Å². The molecule has 0 heterocycles. The molecule has 8 nitrogen and oxygen atoms in total. The number of carboxylic acid groups (broad SMARTS) is 2. The van der Waals surface area contributed by atoms with Crippen LogP contribution in [-0.4, -0.2) is 63.4 Å². The fraction of sp³-hybridized carbons (Fsp3) is 0.684. The van der Waals surface area contributed by atoms with Crippen LogP contribution in [0.1, 0.15) is 59.3 Å². The van der Waals surface area contributed by atoms with Crippen LogP contribution in [0.5, 0.6) is 0 Å². The fourth-order valence-corrected chi connectivity index (χ4v) is 1.26. The van der Waals surface area contributed by atoms with Gasteiger partial charge >= 0.3 is 11.9 Å². The Kier molecular flexibility index (Phi) is 24.5. The summed E-state index contributed by atoms with van der Waals surface area (Å²) in [5.41, 5.74) is 0.427. The Morgan fingerprint density at radius 1 is 0.963 bits per heavy atom. The van der Waals surface area contributed by atoms with E-state index in [2.05, 4.69) is 13.5 Å². The lowest BCUT2D eigenvalue weighted by Gasteiger charge is -2.01. The molecule has 0 rings (SSSR count). The van der Waals surface area contributed by atoms with Gasteiger partial charge in [-0.2, -0.15) is 0 Å². The number of hydrogen-bond acceptors (Lipinski definition) is 6. The molecule has 5 N–H and O–H groups in total. The van der Waals surface area contributed by atoms with E-state index in [1.165, 1.54) is 52.2 Å². The van der Waals surface area contributed by atoms with Gasteiger partial charge in [0.1, 0.15) is 6.10 Å². The molecule has 0 spiro atoms. The second kappa shape index (κ2) is 22.1. The molecule has 27 heavy (non-hydrogen) atoms. The summed E-state index contributed by atoms with van der Waals surface area (Å²) in [6.07, 6.45) is 7.65. The Bertz CT molecular complexity index is 402. The zero-order valence-corrected chi connectivity index (χ0v) is 16.7. The topological polar surface area (TPSA) is 145 Å². The maximum absolute atomic E-state index is 10.4. The molecule has 0 aliphatic rings. The number of carbonyl (C=O) groups is 2. The van der Waals surface area contributed by atoms with E-state index < -0.39 is 18.0 Å². The standard InChI is InChI=1S/C12H22O3.C4H6O2.C3H8O3/c1-3-4-5-6-7-8-9-15-10-11(2)12(13)14;1-3(2)4(5)6;4-1-3(6)2-5/h10H,3-9H2,1-2H3,(H,13,14);1H2,2H3,(H,5,6);3-6H,1-2H2. The Labute approximate surface area is 161 Å². The van der Waals surface area contributed by atoms with Gasteiger partial charge < -0.3 is 30.3 Å². The third kappa shape index (κ3) is 29.1. The summed E-state index contributed by atoms with van der Waals surface area (Å²) in [5, 5.41) is 40.4. The first-order chi connectivity index (χ1) is 12.6. The van der Waals surface area contributed by atoms with Gasteiger partial charge in [-0.05, 0) is 20.3 Å². The van der Waals surface area contributed by atoms with Crippen molar-refractivity contribution in [3.8, 4) is 0 Å². The third-order valence-corrected chi connectivity index (χ3v) is 3.00. The molecule has 0 aromatic heterocycles. The van der Waals surface area contributed by atoms with Crippen molar-refractivity contribution in [3.63, 3.8) is 0 Å². The summed E-state index contributed by atoms with van der Waals surface area (Å²) < 4.78 is 5.12. The van der Waals surface area contributed by atoms with Crippen molar-refractivity contribution in [3.05, 3.63) is 24.0 Å². The lowest BCUT2D eigenvalue weighted by molar-refractivity contribution is -0.133. The first-order valence-corrected chi connectivity index (χ1v) is 8.94. The minimum Gasteiger partial charge on any atom is -0.501 e. The summed E-state index contributed by atoms with van der Waals surface area (Å²) >= 11 is 0. The number of aliphatic hydroxyl groups is 3. The van der Waals surface area contributed by atoms with E-state index in [9.17, 15) is 9.59 Å². The average molecular weight is 392 g/mol. The smallest absolute Gasteiger partial charge is 0.334 e. The summed E-state index contributed by atoms with van der Waals surface area (Å²) in [5.74, 6) is -1.85. The Hall–Kier alpha value is -1.90. The van der Waals surface area contributed by atoms with Crippen molar-refractivity contribution in [1.82, 2.24) is 0 Å². The van der Waals surface area contributed by atoms with Crippen LogP contribution >= 0.6 is 0 Å². The molecule has 160 valence electrons. The van der Waals surface area contributed by atoms with Crippen molar-refractivity contribution in [2.24, 2.45) is 0 Å². The predicted molar refractivity (Wildman–Crippen MR) is 103 cm³/mol. The fourth-order valence-electron chi connectivity index (χ4n) is 1.26. The van der Waals surface area contributed by atoms with Crippen molar-refractivity contribution in [2.45, 2.75) is 65.4 Å². The van der Waals surface area contributed by atoms with Gasteiger partial charge in [-0.3, -0.25) is 0 Å². The normalized spacial score (nSPS) is 10.3. The van der Waals surface area contributed by atoms with Crippen molar-refractivity contribution in [1.29, 1.82) is 0 Å². The number of carboxylic acids is 2. The highest BCUT2D eigenvalue weighted by Crippen LogP contribution is 2.05. The molecule has 0 fully saturated rings. The molecule has 0 bridgehead atoms. The van der Waals surface area contributed by atoms with Crippen molar-refractivity contribution >= 4 is 11.9 Å². The zero-order valence-electron chi connectivity index (χ0n) is 16.7. The maximum Gasteiger partial charge on any atom is 0.334 e. The molecule has 0 atom stereocenters. The van der Waals surface area contributed by atoms with Crippen LogP contribution in [0.25, 0.3) is 0 Å². The second-order valence-electron chi connectivity index (χ2n) is 5.85. The molecule has 0 saturated heterocycles. The molecule has 0 amide bonds. The van der Waals surface area contributed by atoms with Crippen LogP contribution in [0.15, 0.2) is 24.0 Å². The van der Waals surface area contributed by atoms with Crippen LogP contribution < -0.4 is 0 Å². The number of rotatable bonds is 12. The molecule has 0 saturated carbocycles. The Balaban J connectivity index is -0.000000394. The van der Waals surface area contributed by atoms with Gasteiger partial charge in [0.25, 0.3) is 0 Å². The number of ether oxygens (including phenoxy) is 1. The Morgan fingerprint density at radius 3 is 1.74 bits per heavy atom. The third-order valence-electron chi connectivity index (χ3n) is 3.00. The van der Waals surface area contributed by atoms with E-state index in [1.807, 2.05) is 0 Å². The molecule has 0 unspecified atom stereocenters. The zero-order chi connectivity index (χ0) is 21.7. The first-order valence-electron chi connectivity index (χ1n) is 8.94. The number of aliphatic carboxylic acids is 2. The summed E-state index contributed by atoms with van der Waals surface area (Å²) in [6.45, 7) is 8.22. The summed E-state index contributed by atoms with van der Waals surface area (Å²) in [4.78, 5) is 20.0. The van der Waals surface area contributed by atoms with E-state index in [0.717, 1.165) is 6.42 Å². The van der Waals surface area contributed by atoms with Crippen LogP contribution in [0.4, 0.5) is 0 Å². The van der Waals surface area contributed by atoms with Gasteiger partial charge in [-0.1, -0.05) is 45.6 Å². The van der Waals surface area contributed by atoms with Crippen LogP contribution in [0.2, 0.25) is 0 Å². The number of unbranched alkanes of at least 4 members (excludes halogenated alkanes) is 5. The Morgan fingerprint density at radius 2 is 1.41 bits per heavy atom. The van der Waals surface area contributed by atoms with Crippen LogP contribution in [-0.2, 0) is 14.3 Å². The number of hydrogen-bond donors (Lipinski definition) is 5. The minimum absolute atomic E-state index is 0.176. The van der Waals surface area contributed by atoms with E-state index >= 15 is 0 Å². The molecule has 0 aromatic carbocycles. The quantitative estimate of drug-likeness (QED) is 0.193. The molecular formula is C19H36O8. The molecular weight excluding hydrogens is 356 g/mol. The number of aliphatic hydroxyl groups excluding tert-OH is 3. The lowest BCUT2D eigenvalue weighted by atomic mass is 10.1. The maximum atomic E-state index is 10.4. The largest absolute Gasteiger partial charge is 0.501 e. The van der Waals surface area contributed by atoms with Crippen molar-refractivity contribution in [2.75, 3.05) is 19.8 Å².